The summed E-state index contributed by atoms with van der Waals surface area (Å²) in [6.45, 7) is 8.42. The van der Waals surface area contributed by atoms with Crippen LogP contribution >= 0.6 is 0 Å². The topological polar surface area (TPSA) is 41.5 Å². The number of aliphatic hydroxyl groups is 1. The Kier molecular flexibility index (Phi) is 9.11. The van der Waals surface area contributed by atoms with Crippen molar-refractivity contribution in [1.82, 2.24) is 5.32 Å². The molecule has 0 spiro atoms. The number of hydrogen-bond donors (Lipinski definition) is 2. The maximum absolute atomic E-state index is 9.94. The summed E-state index contributed by atoms with van der Waals surface area (Å²) in [5.41, 5.74) is 1.21. The summed E-state index contributed by atoms with van der Waals surface area (Å²) >= 11 is 0. The molecule has 0 aliphatic carbocycles. The normalized spacial score (nSPS) is 13.9. The summed E-state index contributed by atoms with van der Waals surface area (Å²) < 4.78 is 5.58. The van der Waals surface area contributed by atoms with Crippen LogP contribution in [-0.2, 0) is 0 Å². The molecule has 3 heteroatoms. The van der Waals surface area contributed by atoms with Gasteiger partial charge >= 0.3 is 0 Å². The molecule has 0 unspecified atom stereocenters. The Labute approximate surface area is 129 Å². The van der Waals surface area contributed by atoms with Crippen LogP contribution < -0.4 is 10.1 Å². The maximum atomic E-state index is 9.94. The number of rotatable bonds is 11. The lowest BCUT2D eigenvalue weighted by Crippen LogP contribution is -2.34. The Hall–Kier alpha value is -1.06. The van der Waals surface area contributed by atoms with Gasteiger partial charge in [0.2, 0.25) is 0 Å². The van der Waals surface area contributed by atoms with E-state index in [0.29, 0.717) is 13.2 Å². The average Bonchev–Trinajstić information content (AvgIpc) is 2.50. The number of aliphatic hydroxyl groups excluding tert-OH is 1. The molecule has 0 aromatic heterocycles. The SMILES string of the molecule is CCCC[C@H](CC)CNC[C@@H](O)COc1ccc(C)cc1. The molecule has 1 aromatic carbocycles. The van der Waals surface area contributed by atoms with Gasteiger partial charge in [0.1, 0.15) is 18.5 Å². The molecule has 1 aromatic rings. The lowest BCUT2D eigenvalue weighted by atomic mass is 9.99. The first-order valence-electron chi connectivity index (χ1n) is 8.23. The van der Waals surface area contributed by atoms with E-state index in [0.717, 1.165) is 18.2 Å². The van der Waals surface area contributed by atoms with Gasteiger partial charge in [0, 0.05) is 6.54 Å². The summed E-state index contributed by atoms with van der Waals surface area (Å²) in [5, 5.41) is 13.3. The number of aryl methyl sites for hydroxylation is 1. The van der Waals surface area contributed by atoms with Crippen LogP contribution in [0, 0.1) is 12.8 Å². The first-order valence-corrected chi connectivity index (χ1v) is 8.23. The van der Waals surface area contributed by atoms with Crippen molar-refractivity contribution in [3.63, 3.8) is 0 Å². The maximum Gasteiger partial charge on any atom is 0.119 e. The standard InChI is InChI=1S/C18H31NO2/c1-4-6-7-16(5-2)12-19-13-17(20)14-21-18-10-8-15(3)9-11-18/h8-11,16-17,19-20H,4-7,12-14H2,1-3H3/t16-,17+/m0/s1. The predicted octanol–water partition coefficient (Wildman–Crippen LogP) is 3.54. The van der Waals surface area contributed by atoms with Gasteiger partial charge in [0.05, 0.1) is 0 Å². The van der Waals surface area contributed by atoms with Gasteiger partial charge in [-0.25, -0.2) is 0 Å². The van der Waals surface area contributed by atoms with E-state index in [4.69, 9.17) is 4.74 Å². The highest BCUT2D eigenvalue weighted by Crippen LogP contribution is 2.12. The number of benzene rings is 1. The monoisotopic (exact) mass is 293 g/mol. The second kappa shape index (κ2) is 10.6. The van der Waals surface area contributed by atoms with Crippen molar-refractivity contribution < 1.29 is 9.84 Å². The molecule has 1 rings (SSSR count). The minimum absolute atomic E-state index is 0.335. The van der Waals surface area contributed by atoms with E-state index in [-0.39, 0.29) is 0 Å². The quantitative estimate of drug-likeness (QED) is 0.655. The zero-order valence-corrected chi connectivity index (χ0v) is 13.8. The van der Waals surface area contributed by atoms with E-state index in [1.807, 2.05) is 31.2 Å². The van der Waals surface area contributed by atoms with Crippen molar-refractivity contribution in [3.05, 3.63) is 29.8 Å². The molecule has 0 bridgehead atoms. The van der Waals surface area contributed by atoms with E-state index < -0.39 is 6.10 Å². The highest BCUT2D eigenvalue weighted by atomic mass is 16.5. The third-order valence-corrected chi connectivity index (χ3v) is 3.82. The molecule has 21 heavy (non-hydrogen) atoms. The fourth-order valence-corrected chi connectivity index (χ4v) is 2.28. The largest absolute Gasteiger partial charge is 0.491 e. The first kappa shape index (κ1) is 18.0. The van der Waals surface area contributed by atoms with Crippen LogP contribution in [0.4, 0.5) is 0 Å². The van der Waals surface area contributed by atoms with Crippen LogP contribution in [0.15, 0.2) is 24.3 Å². The Morgan fingerprint density at radius 2 is 1.86 bits per heavy atom. The molecule has 0 saturated carbocycles. The Morgan fingerprint density at radius 1 is 1.14 bits per heavy atom. The van der Waals surface area contributed by atoms with Crippen molar-refractivity contribution in [3.8, 4) is 5.75 Å². The number of ether oxygens (including phenoxy) is 1. The van der Waals surface area contributed by atoms with Crippen molar-refractivity contribution >= 4 is 0 Å². The number of hydrogen-bond acceptors (Lipinski definition) is 3. The van der Waals surface area contributed by atoms with Crippen molar-refractivity contribution in [1.29, 1.82) is 0 Å². The number of unbranched alkanes of at least 4 members (excludes halogenated alkanes) is 1. The summed E-state index contributed by atoms with van der Waals surface area (Å²) in [6.07, 6.45) is 4.55. The molecule has 0 fully saturated rings. The minimum Gasteiger partial charge on any atom is -0.491 e. The number of nitrogens with one attached hydrogen (secondary N) is 1. The van der Waals surface area contributed by atoms with Crippen LogP contribution in [0.5, 0.6) is 5.75 Å². The molecule has 0 heterocycles. The smallest absolute Gasteiger partial charge is 0.119 e. The van der Waals surface area contributed by atoms with Gasteiger partial charge in [-0.05, 0) is 37.9 Å². The third kappa shape index (κ3) is 8.08. The van der Waals surface area contributed by atoms with Crippen LogP contribution in [0.3, 0.4) is 0 Å². The van der Waals surface area contributed by atoms with Crippen LogP contribution in [0.25, 0.3) is 0 Å². The van der Waals surface area contributed by atoms with Gasteiger partial charge in [-0.2, -0.15) is 0 Å². The lowest BCUT2D eigenvalue weighted by molar-refractivity contribution is 0.105. The molecule has 0 aliphatic rings. The Balaban J connectivity index is 2.15. The summed E-state index contributed by atoms with van der Waals surface area (Å²) in [4.78, 5) is 0. The van der Waals surface area contributed by atoms with E-state index >= 15 is 0 Å². The van der Waals surface area contributed by atoms with E-state index in [2.05, 4.69) is 19.2 Å². The van der Waals surface area contributed by atoms with Crippen molar-refractivity contribution in [2.45, 2.75) is 52.6 Å². The van der Waals surface area contributed by atoms with Crippen LogP contribution in [0.2, 0.25) is 0 Å². The lowest BCUT2D eigenvalue weighted by Gasteiger charge is -2.17. The van der Waals surface area contributed by atoms with E-state index in [1.54, 1.807) is 0 Å². The van der Waals surface area contributed by atoms with E-state index in [9.17, 15) is 5.11 Å². The highest BCUT2D eigenvalue weighted by Gasteiger charge is 2.08. The average molecular weight is 293 g/mol. The minimum atomic E-state index is -0.463. The van der Waals surface area contributed by atoms with Crippen LogP contribution in [-0.4, -0.2) is 30.9 Å². The fourth-order valence-electron chi connectivity index (χ4n) is 2.28. The zero-order valence-electron chi connectivity index (χ0n) is 13.8. The summed E-state index contributed by atoms with van der Waals surface area (Å²) in [6, 6.07) is 7.90. The molecule has 120 valence electrons. The van der Waals surface area contributed by atoms with Crippen LogP contribution in [0.1, 0.15) is 45.1 Å². The van der Waals surface area contributed by atoms with Crippen molar-refractivity contribution in [2.24, 2.45) is 5.92 Å². The molecular weight excluding hydrogens is 262 g/mol. The molecule has 2 N–H and O–H groups in total. The Morgan fingerprint density at radius 3 is 2.48 bits per heavy atom. The zero-order chi connectivity index (χ0) is 15.5. The van der Waals surface area contributed by atoms with E-state index in [1.165, 1.54) is 31.2 Å². The van der Waals surface area contributed by atoms with Gasteiger partial charge in [0.25, 0.3) is 0 Å². The summed E-state index contributed by atoms with van der Waals surface area (Å²) in [7, 11) is 0. The molecule has 0 amide bonds. The molecule has 0 aliphatic heterocycles. The van der Waals surface area contributed by atoms with Gasteiger partial charge in [0.15, 0.2) is 0 Å². The van der Waals surface area contributed by atoms with Crippen molar-refractivity contribution in [2.75, 3.05) is 19.7 Å². The second-order valence-corrected chi connectivity index (χ2v) is 5.85. The summed E-state index contributed by atoms with van der Waals surface area (Å²) in [5.74, 6) is 1.53. The van der Waals surface area contributed by atoms with Gasteiger partial charge in [-0.15, -0.1) is 0 Å². The van der Waals surface area contributed by atoms with Gasteiger partial charge in [-0.3, -0.25) is 0 Å². The predicted molar refractivity (Wildman–Crippen MR) is 88.9 cm³/mol. The second-order valence-electron chi connectivity index (χ2n) is 5.85. The fraction of sp³-hybridized carbons (Fsp3) is 0.667. The molecular formula is C18H31NO2. The van der Waals surface area contributed by atoms with Gasteiger partial charge in [-0.1, -0.05) is 50.8 Å². The molecule has 0 saturated heterocycles. The highest BCUT2D eigenvalue weighted by molar-refractivity contribution is 5.26. The molecule has 2 atom stereocenters. The first-order chi connectivity index (χ1) is 10.2. The third-order valence-electron chi connectivity index (χ3n) is 3.82. The Bertz CT molecular complexity index is 364. The molecule has 3 nitrogen and oxygen atoms in total. The molecule has 0 radical (unpaired) electrons. The van der Waals surface area contributed by atoms with Gasteiger partial charge < -0.3 is 15.2 Å².